The fourth-order valence-electron chi connectivity index (χ4n) is 3.75. The van der Waals surface area contributed by atoms with Gasteiger partial charge in [0.05, 0.1) is 33.1 Å². The molecule has 9 heteroatoms. The zero-order chi connectivity index (χ0) is 22.8. The summed E-state index contributed by atoms with van der Waals surface area (Å²) in [5.74, 6) is 0.510. The average Bonchev–Trinajstić information content (AvgIpc) is 3.16. The number of anilines is 1. The molecule has 2 amide bonds. The van der Waals surface area contributed by atoms with Crippen LogP contribution in [0.25, 0.3) is 10.2 Å². The van der Waals surface area contributed by atoms with Gasteiger partial charge in [-0.2, -0.15) is 0 Å². The topological polar surface area (TPSA) is 90.0 Å². The normalized spacial score (nSPS) is 13.8. The summed E-state index contributed by atoms with van der Waals surface area (Å²) in [6.07, 6.45) is 0. The van der Waals surface area contributed by atoms with Gasteiger partial charge in [0, 0.05) is 35.8 Å². The van der Waals surface area contributed by atoms with Gasteiger partial charge in [0.15, 0.2) is 0 Å². The SMILES string of the molecule is COc1cc(OC)cc(C(=O)Nc2c(C(=O)N3CCOCC3)sc3nc(C)cc(C)c23)c1. The number of methoxy groups -OCH3 is 2. The smallest absolute Gasteiger partial charge is 0.266 e. The maximum Gasteiger partial charge on any atom is 0.266 e. The predicted octanol–water partition coefficient (Wildman–Crippen LogP) is 3.66. The summed E-state index contributed by atoms with van der Waals surface area (Å²) in [6, 6.07) is 6.90. The Hall–Kier alpha value is -3.17. The highest BCUT2D eigenvalue weighted by Gasteiger charge is 2.27. The number of carbonyl (C=O) groups excluding carboxylic acids is 2. The van der Waals surface area contributed by atoms with Crippen LogP contribution >= 0.6 is 11.3 Å². The lowest BCUT2D eigenvalue weighted by Gasteiger charge is -2.26. The molecule has 32 heavy (non-hydrogen) atoms. The summed E-state index contributed by atoms with van der Waals surface area (Å²) in [4.78, 5) is 34.2. The highest BCUT2D eigenvalue weighted by Crippen LogP contribution is 2.38. The Morgan fingerprint density at radius 1 is 1.06 bits per heavy atom. The second-order valence-electron chi connectivity index (χ2n) is 7.53. The van der Waals surface area contributed by atoms with E-state index in [1.54, 1.807) is 23.1 Å². The Balaban J connectivity index is 1.78. The molecule has 1 saturated heterocycles. The maximum absolute atomic E-state index is 13.4. The highest BCUT2D eigenvalue weighted by molar-refractivity contribution is 7.21. The summed E-state index contributed by atoms with van der Waals surface area (Å²) in [6.45, 7) is 5.89. The van der Waals surface area contributed by atoms with E-state index in [4.69, 9.17) is 14.2 Å². The number of ether oxygens (including phenoxy) is 3. The number of benzene rings is 1. The summed E-state index contributed by atoms with van der Waals surface area (Å²) < 4.78 is 16.0. The van der Waals surface area contributed by atoms with Crippen molar-refractivity contribution in [1.82, 2.24) is 9.88 Å². The van der Waals surface area contributed by atoms with E-state index in [0.717, 1.165) is 21.5 Å². The van der Waals surface area contributed by atoms with Crippen LogP contribution in [-0.4, -0.2) is 62.2 Å². The van der Waals surface area contributed by atoms with E-state index in [1.165, 1.54) is 25.6 Å². The molecule has 1 aliphatic rings. The van der Waals surface area contributed by atoms with Crippen molar-refractivity contribution < 1.29 is 23.8 Å². The van der Waals surface area contributed by atoms with Gasteiger partial charge in [-0.15, -0.1) is 11.3 Å². The molecule has 8 nitrogen and oxygen atoms in total. The Kier molecular flexibility index (Phi) is 6.29. The number of aryl methyl sites for hydroxylation is 2. The van der Waals surface area contributed by atoms with E-state index in [0.29, 0.717) is 53.9 Å². The van der Waals surface area contributed by atoms with Crippen LogP contribution in [0.2, 0.25) is 0 Å². The number of fused-ring (bicyclic) bond motifs is 1. The zero-order valence-electron chi connectivity index (χ0n) is 18.5. The average molecular weight is 456 g/mol. The standard InChI is InChI=1S/C23H25N3O5S/c1-13-9-14(2)24-22-18(13)19(20(32-22)23(28)26-5-7-31-8-6-26)25-21(27)15-10-16(29-3)12-17(11-15)30-4/h9-12H,5-8H2,1-4H3,(H,25,27). The fourth-order valence-corrected chi connectivity index (χ4v) is 4.97. The first kappa shape index (κ1) is 22.0. The monoisotopic (exact) mass is 455 g/mol. The fraction of sp³-hybridized carbons (Fsp3) is 0.348. The molecule has 4 rings (SSSR count). The zero-order valence-corrected chi connectivity index (χ0v) is 19.3. The second-order valence-corrected chi connectivity index (χ2v) is 8.53. The molecule has 0 saturated carbocycles. The van der Waals surface area contributed by atoms with E-state index >= 15 is 0 Å². The first-order valence-corrected chi connectivity index (χ1v) is 11.0. The Bertz CT molecular complexity index is 1160. The third-order valence-electron chi connectivity index (χ3n) is 5.33. The number of amides is 2. The number of pyridine rings is 1. The third kappa shape index (κ3) is 4.26. The first-order valence-electron chi connectivity index (χ1n) is 10.2. The van der Waals surface area contributed by atoms with Crippen molar-refractivity contribution in [2.75, 3.05) is 45.8 Å². The molecule has 0 atom stereocenters. The van der Waals surface area contributed by atoms with Gasteiger partial charge in [0.1, 0.15) is 21.2 Å². The molecular weight excluding hydrogens is 430 g/mol. The van der Waals surface area contributed by atoms with Crippen LogP contribution in [0.15, 0.2) is 24.3 Å². The molecule has 1 aromatic carbocycles. The minimum absolute atomic E-state index is 0.133. The predicted molar refractivity (Wildman–Crippen MR) is 123 cm³/mol. The van der Waals surface area contributed by atoms with Crippen molar-refractivity contribution in [3.63, 3.8) is 0 Å². The lowest BCUT2D eigenvalue weighted by molar-refractivity contribution is 0.0307. The molecule has 1 aliphatic heterocycles. The summed E-state index contributed by atoms with van der Waals surface area (Å²) >= 11 is 1.30. The molecule has 2 aromatic heterocycles. The molecule has 0 spiro atoms. The molecule has 0 aliphatic carbocycles. The van der Waals surface area contributed by atoms with Crippen LogP contribution in [0.5, 0.6) is 11.5 Å². The Morgan fingerprint density at radius 2 is 1.72 bits per heavy atom. The number of morpholine rings is 1. The van der Waals surface area contributed by atoms with Crippen LogP contribution in [0.4, 0.5) is 5.69 Å². The summed E-state index contributed by atoms with van der Waals surface area (Å²) in [7, 11) is 3.05. The lowest BCUT2D eigenvalue weighted by atomic mass is 10.1. The number of aromatic nitrogens is 1. The van der Waals surface area contributed by atoms with Gasteiger partial charge in [0.25, 0.3) is 11.8 Å². The van der Waals surface area contributed by atoms with Crippen molar-refractivity contribution in [3.8, 4) is 11.5 Å². The molecule has 1 fully saturated rings. The number of thiophene rings is 1. The molecular formula is C23H25N3O5S. The van der Waals surface area contributed by atoms with Crippen molar-refractivity contribution in [2.45, 2.75) is 13.8 Å². The van der Waals surface area contributed by atoms with Gasteiger partial charge in [-0.25, -0.2) is 4.98 Å². The van der Waals surface area contributed by atoms with Gasteiger partial charge in [0.2, 0.25) is 0 Å². The van der Waals surface area contributed by atoms with E-state index in [-0.39, 0.29) is 11.8 Å². The molecule has 0 bridgehead atoms. The van der Waals surface area contributed by atoms with E-state index in [2.05, 4.69) is 10.3 Å². The Morgan fingerprint density at radius 3 is 2.34 bits per heavy atom. The summed E-state index contributed by atoms with van der Waals surface area (Å²) in [5, 5.41) is 3.75. The van der Waals surface area contributed by atoms with Crippen LogP contribution in [-0.2, 0) is 4.74 Å². The molecule has 0 unspecified atom stereocenters. The van der Waals surface area contributed by atoms with E-state index in [1.807, 2.05) is 19.9 Å². The first-order chi connectivity index (χ1) is 15.4. The molecule has 168 valence electrons. The quantitative estimate of drug-likeness (QED) is 0.632. The molecule has 3 heterocycles. The van der Waals surface area contributed by atoms with Crippen molar-refractivity contribution in [1.29, 1.82) is 0 Å². The van der Waals surface area contributed by atoms with Crippen LogP contribution in [0, 0.1) is 13.8 Å². The largest absolute Gasteiger partial charge is 0.497 e. The van der Waals surface area contributed by atoms with Gasteiger partial charge in [-0.05, 0) is 37.6 Å². The highest BCUT2D eigenvalue weighted by atomic mass is 32.1. The number of nitrogens with zero attached hydrogens (tertiary/aromatic N) is 2. The molecule has 3 aromatic rings. The van der Waals surface area contributed by atoms with Gasteiger partial charge in [-0.1, -0.05) is 0 Å². The minimum Gasteiger partial charge on any atom is -0.497 e. The van der Waals surface area contributed by atoms with Gasteiger partial charge >= 0.3 is 0 Å². The van der Waals surface area contributed by atoms with Crippen molar-refractivity contribution >= 4 is 39.1 Å². The number of carbonyl (C=O) groups is 2. The Labute approximate surface area is 190 Å². The number of nitrogens with one attached hydrogen (secondary N) is 1. The number of rotatable bonds is 5. The number of hydrogen-bond donors (Lipinski definition) is 1. The number of hydrogen-bond acceptors (Lipinski definition) is 7. The summed E-state index contributed by atoms with van der Waals surface area (Å²) in [5.41, 5.74) is 2.65. The van der Waals surface area contributed by atoms with Crippen LogP contribution in [0.3, 0.4) is 0 Å². The van der Waals surface area contributed by atoms with E-state index in [9.17, 15) is 9.59 Å². The van der Waals surface area contributed by atoms with Crippen molar-refractivity contribution in [2.24, 2.45) is 0 Å². The lowest BCUT2D eigenvalue weighted by Crippen LogP contribution is -2.40. The van der Waals surface area contributed by atoms with Gasteiger partial charge in [-0.3, -0.25) is 9.59 Å². The molecule has 0 radical (unpaired) electrons. The maximum atomic E-state index is 13.4. The third-order valence-corrected chi connectivity index (χ3v) is 6.40. The van der Waals surface area contributed by atoms with Crippen LogP contribution < -0.4 is 14.8 Å². The van der Waals surface area contributed by atoms with Crippen LogP contribution in [0.1, 0.15) is 31.3 Å². The van der Waals surface area contributed by atoms with Gasteiger partial charge < -0.3 is 24.4 Å². The second kappa shape index (κ2) is 9.13. The minimum atomic E-state index is -0.363. The van der Waals surface area contributed by atoms with E-state index < -0.39 is 0 Å². The van der Waals surface area contributed by atoms with Crippen molar-refractivity contribution in [3.05, 3.63) is 46.0 Å². The molecule has 1 N–H and O–H groups in total.